The minimum Gasteiger partial charge on any atom is -0.300 e. The molecule has 3 heteroatoms. The number of hydrogen-bond acceptors (Lipinski definition) is 3. The molecule has 3 atom stereocenters. The van der Waals surface area contributed by atoms with Crippen molar-refractivity contribution in [1.29, 1.82) is 0 Å². The summed E-state index contributed by atoms with van der Waals surface area (Å²) in [6, 6.07) is 0. The van der Waals surface area contributed by atoms with Crippen molar-refractivity contribution in [3.8, 4) is 0 Å². The molecule has 0 aromatic rings. The van der Waals surface area contributed by atoms with E-state index in [1.165, 1.54) is 11.1 Å². The molecule has 0 saturated heterocycles. The van der Waals surface area contributed by atoms with Crippen LogP contribution in [0.5, 0.6) is 0 Å². The van der Waals surface area contributed by atoms with E-state index in [9.17, 15) is 14.4 Å². The first-order valence-corrected chi connectivity index (χ1v) is 7.82. The van der Waals surface area contributed by atoms with Crippen LogP contribution < -0.4 is 0 Å². The molecule has 0 aromatic heterocycles. The first kappa shape index (κ1) is 13.7. The van der Waals surface area contributed by atoms with Crippen molar-refractivity contribution in [3.63, 3.8) is 0 Å². The van der Waals surface area contributed by atoms with Gasteiger partial charge in [-0.15, -0.1) is 0 Å². The number of carbonyl (C=O) groups is 3. The highest BCUT2D eigenvalue weighted by Crippen LogP contribution is 2.49. The monoisotopic (exact) mass is 274 g/mol. The summed E-state index contributed by atoms with van der Waals surface area (Å²) in [4.78, 5) is 35.1. The topological polar surface area (TPSA) is 51.2 Å². The Morgan fingerprint density at radius 1 is 1.15 bits per heavy atom. The molecule has 0 spiro atoms. The summed E-state index contributed by atoms with van der Waals surface area (Å²) in [5.41, 5.74) is 2.78. The summed E-state index contributed by atoms with van der Waals surface area (Å²) in [6.07, 6.45) is 6.12. The molecule has 0 radical (unpaired) electrons. The molecule has 0 amide bonds. The molecular formula is C17H22O3. The summed E-state index contributed by atoms with van der Waals surface area (Å²) in [7, 11) is 0. The van der Waals surface area contributed by atoms with Gasteiger partial charge in [-0.05, 0) is 44.4 Å². The van der Waals surface area contributed by atoms with E-state index in [1.807, 2.05) is 0 Å². The van der Waals surface area contributed by atoms with Gasteiger partial charge < -0.3 is 4.79 Å². The van der Waals surface area contributed by atoms with Crippen LogP contribution in [0.1, 0.15) is 58.3 Å². The molecule has 0 bridgehead atoms. The minimum atomic E-state index is 0.0341. The number of hydrogen-bond donors (Lipinski definition) is 0. The summed E-state index contributed by atoms with van der Waals surface area (Å²) in [6.45, 7) is 1.60. The van der Waals surface area contributed by atoms with Gasteiger partial charge in [-0.3, -0.25) is 9.59 Å². The lowest BCUT2D eigenvalue weighted by atomic mass is 9.65. The van der Waals surface area contributed by atoms with Gasteiger partial charge >= 0.3 is 0 Å². The van der Waals surface area contributed by atoms with Gasteiger partial charge in [0.05, 0.1) is 0 Å². The molecule has 108 valence electrons. The Morgan fingerprint density at radius 3 is 2.70 bits per heavy atom. The van der Waals surface area contributed by atoms with Gasteiger partial charge in [0.2, 0.25) is 0 Å². The number of rotatable bonds is 3. The summed E-state index contributed by atoms with van der Waals surface area (Å²) in [5.74, 6) is 1.70. The zero-order chi connectivity index (χ0) is 14.3. The zero-order valence-corrected chi connectivity index (χ0v) is 12.1. The van der Waals surface area contributed by atoms with E-state index in [1.54, 1.807) is 6.92 Å². The minimum absolute atomic E-state index is 0.0341. The molecule has 2 saturated carbocycles. The Balaban J connectivity index is 1.85. The lowest BCUT2D eigenvalue weighted by Crippen LogP contribution is -2.34. The van der Waals surface area contributed by atoms with E-state index in [0.717, 1.165) is 25.7 Å². The van der Waals surface area contributed by atoms with Crippen LogP contribution in [0, 0.1) is 17.8 Å². The SMILES string of the molecule is CC(=O)CC[C@@H]1C(=O)CCC2=C3CC(=O)C[C@@H]3CC[C@@H]21. The third-order valence-electron chi connectivity index (χ3n) is 5.39. The molecule has 3 aliphatic carbocycles. The van der Waals surface area contributed by atoms with Crippen molar-refractivity contribution < 1.29 is 14.4 Å². The van der Waals surface area contributed by atoms with Crippen LogP contribution in [0.15, 0.2) is 11.1 Å². The van der Waals surface area contributed by atoms with E-state index in [0.29, 0.717) is 49.1 Å². The van der Waals surface area contributed by atoms with Crippen LogP contribution in [0.2, 0.25) is 0 Å². The van der Waals surface area contributed by atoms with Crippen molar-refractivity contribution in [2.24, 2.45) is 17.8 Å². The van der Waals surface area contributed by atoms with Crippen molar-refractivity contribution in [2.45, 2.75) is 58.3 Å². The molecule has 2 fully saturated rings. The van der Waals surface area contributed by atoms with E-state index in [2.05, 4.69) is 0 Å². The van der Waals surface area contributed by atoms with Gasteiger partial charge in [0, 0.05) is 31.6 Å². The normalized spacial score (nSPS) is 33.1. The largest absolute Gasteiger partial charge is 0.300 e. The quantitative estimate of drug-likeness (QED) is 0.743. The number of allylic oxidation sites excluding steroid dienone is 2. The average Bonchev–Trinajstić information content (AvgIpc) is 2.77. The van der Waals surface area contributed by atoms with Crippen LogP contribution in [0.3, 0.4) is 0 Å². The third kappa shape index (κ3) is 2.38. The molecule has 0 N–H and O–H groups in total. The third-order valence-corrected chi connectivity index (χ3v) is 5.39. The van der Waals surface area contributed by atoms with Crippen LogP contribution >= 0.6 is 0 Å². The molecule has 0 aliphatic heterocycles. The second-order valence-electron chi connectivity index (χ2n) is 6.66. The smallest absolute Gasteiger partial charge is 0.137 e. The first-order chi connectivity index (χ1) is 9.56. The van der Waals surface area contributed by atoms with Gasteiger partial charge in [-0.1, -0.05) is 11.1 Å². The maximum absolute atomic E-state index is 12.2. The molecule has 0 heterocycles. The lowest BCUT2D eigenvalue weighted by molar-refractivity contribution is -0.126. The standard InChI is InChI=1S/C17H22O3/c1-10(18)2-4-15-13-5-3-11-8-12(19)9-16(11)14(13)6-7-17(15)20/h11,13,15H,2-9H2,1H3/t11-,13-,15-/m0/s1. The molecule has 20 heavy (non-hydrogen) atoms. The maximum Gasteiger partial charge on any atom is 0.137 e. The maximum atomic E-state index is 12.2. The van der Waals surface area contributed by atoms with Crippen LogP contribution in [-0.4, -0.2) is 17.3 Å². The first-order valence-electron chi connectivity index (χ1n) is 7.82. The highest BCUT2D eigenvalue weighted by atomic mass is 16.1. The van der Waals surface area contributed by atoms with Crippen molar-refractivity contribution in [3.05, 3.63) is 11.1 Å². The number of fused-ring (bicyclic) bond motifs is 2. The fraction of sp³-hybridized carbons (Fsp3) is 0.706. The molecule has 0 unspecified atom stereocenters. The van der Waals surface area contributed by atoms with Gasteiger partial charge in [0.15, 0.2) is 0 Å². The highest BCUT2D eigenvalue weighted by Gasteiger charge is 2.42. The van der Waals surface area contributed by atoms with Crippen LogP contribution in [0.25, 0.3) is 0 Å². The van der Waals surface area contributed by atoms with Crippen molar-refractivity contribution >= 4 is 17.3 Å². The fourth-order valence-electron chi connectivity index (χ4n) is 4.45. The molecule has 3 aliphatic rings. The second kappa shape index (κ2) is 5.27. The number of ketones is 3. The van der Waals surface area contributed by atoms with Crippen molar-refractivity contribution in [2.75, 3.05) is 0 Å². The fourth-order valence-corrected chi connectivity index (χ4v) is 4.45. The lowest BCUT2D eigenvalue weighted by Gasteiger charge is -2.39. The Morgan fingerprint density at radius 2 is 1.95 bits per heavy atom. The van der Waals surface area contributed by atoms with Gasteiger partial charge in [0.1, 0.15) is 17.3 Å². The summed E-state index contributed by atoms with van der Waals surface area (Å²) in [5, 5.41) is 0. The predicted molar refractivity (Wildman–Crippen MR) is 75.1 cm³/mol. The molecular weight excluding hydrogens is 252 g/mol. The van der Waals surface area contributed by atoms with Gasteiger partial charge in [-0.25, -0.2) is 0 Å². The Bertz CT molecular complexity index is 500. The summed E-state index contributed by atoms with van der Waals surface area (Å²) < 4.78 is 0. The van der Waals surface area contributed by atoms with E-state index in [-0.39, 0.29) is 11.7 Å². The van der Waals surface area contributed by atoms with Crippen molar-refractivity contribution in [1.82, 2.24) is 0 Å². The number of carbonyl (C=O) groups excluding carboxylic acids is 3. The van der Waals surface area contributed by atoms with E-state index < -0.39 is 0 Å². The Kier molecular flexibility index (Phi) is 3.61. The second-order valence-corrected chi connectivity index (χ2v) is 6.66. The van der Waals surface area contributed by atoms with E-state index >= 15 is 0 Å². The van der Waals surface area contributed by atoms with Crippen LogP contribution in [-0.2, 0) is 14.4 Å². The van der Waals surface area contributed by atoms with Crippen LogP contribution in [0.4, 0.5) is 0 Å². The van der Waals surface area contributed by atoms with E-state index in [4.69, 9.17) is 0 Å². The van der Waals surface area contributed by atoms with Gasteiger partial charge in [0.25, 0.3) is 0 Å². The Labute approximate surface area is 119 Å². The molecule has 3 rings (SSSR count). The highest BCUT2D eigenvalue weighted by molar-refractivity contribution is 5.87. The number of Topliss-reactive ketones (excluding diaryl/α,β-unsaturated/α-hetero) is 3. The molecule has 3 nitrogen and oxygen atoms in total. The summed E-state index contributed by atoms with van der Waals surface area (Å²) >= 11 is 0. The van der Waals surface area contributed by atoms with Gasteiger partial charge in [-0.2, -0.15) is 0 Å². The zero-order valence-electron chi connectivity index (χ0n) is 12.1. The molecule has 0 aromatic carbocycles. The Hall–Kier alpha value is -1.25. The average molecular weight is 274 g/mol. The predicted octanol–water partition coefficient (Wildman–Crippen LogP) is 3.02.